The van der Waals surface area contributed by atoms with E-state index in [9.17, 15) is 19.2 Å². The van der Waals surface area contributed by atoms with Gasteiger partial charge in [-0.1, -0.05) is 103 Å². The first kappa shape index (κ1) is 44.1. The van der Waals surface area contributed by atoms with E-state index in [-0.39, 0.29) is 34.4 Å². The van der Waals surface area contributed by atoms with Crippen LogP contribution in [0.15, 0.2) is 30.5 Å². The fourth-order valence-corrected chi connectivity index (χ4v) is 9.66. The van der Waals surface area contributed by atoms with E-state index in [4.69, 9.17) is 5.73 Å². The number of aromatic nitrogens is 1. The summed E-state index contributed by atoms with van der Waals surface area (Å²) in [4.78, 5) is 58.6. The quantitative estimate of drug-likeness (QED) is 0.0775. The van der Waals surface area contributed by atoms with Crippen molar-refractivity contribution in [3.63, 3.8) is 0 Å². The van der Waals surface area contributed by atoms with Gasteiger partial charge in [-0.3, -0.25) is 19.2 Å². The van der Waals surface area contributed by atoms with Crippen molar-refractivity contribution in [1.82, 2.24) is 31.2 Å². The number of unbranched alkanes of at least 4 members (excludes halogenated alkanes) is 1. The van der Waals surface area contributed by atoms with E-state index in [1.54, 1.807) is 32.4 Å². The van der Waals surface area contributed by atoms with Crippen LogP contribution in [-0.2, 0) is 25.6 Å². The number of nitrogens with zero attached hydrogens (tertiary/aromatic N) is 1. The molecule has 0 bridgehead atoms. The third kappa shape index (κ3) is 17.9. The number of nitrogens with two attached hydrogens (primary N) is 1. The first-order chi connectivity index (χ1) is 23.3. The Labute approximate surface area is 314 Å². The van der Waals surface area contributed by atoms with Gasteiger partial charge in [0.05, 0.1) is 12.6 Å². The Bertz CT molecular complexity index is 1380. The molecule has 11 nitrogen and oxygen atoms in total. The van der Waals surface area contributed by atoms with E-state index in [1.807, 2.05) is 51.5 Å². The predicted molar refractivity (Wildman–Crippen MR) is 216 cm³/mol. The minimum atomic E-state index is -0.900. The number of fused-ring (bicyclic) bond motifs is 1. The lowest BCUT2D eigenvalue weighted by molar-refractivity contribution is -0.132. The van der Waals surface area contributed by atoms with E-state index in [0.717, 1.165) is 29.4 Å². The number of benzene rings is 1. The molecule has 1 heterocycles. The number of amides is 4. The molecule has 2 rings (SSSR count). The van der Waals surface area contributed by atoms with Crippen LogP contribution in [0.1, 0.15) is 73.3 Å². The molecule has 4 atom stereocenters. The van der Waals surface area contributed by atoms with Crippen molar-refractivity contribution in [2.75, 3.05) is 38.7 Å². The Balaban J connectivity index is 2.16. The van der Waals surface area contributed by atoms with Crippen LogP contribution in [0.2, 0.25) is 0 Å². The maximum absolute atomic E-state index is 13.9. The molecule has 0 saturated carbocycles. The van der Waals surface area contributed by atoms with Crippen LogP contribution < -0.4 is 27.0 Å². The number of aromatic amines is 1. The van der Waals surface area contributed by atoms with Crippen LogP contribution in [0.25, 0.3) is 10.9 Å². The summed E-state index contributed by atoms with van der Waals surface area (Å²) >= 11 is 0. The highest BCUT2D eigenvalue weighted by atomic mass is 33.1. The molecule has 0 saturated heterocycles. The Hall–Kier alpha value is -2.04. The van der Waals surface area contributed by atoms with Gasteiger partial charge in [-0.2, -0.15) is 0 Å². The average Bonchev–Trinajstić information content (AvgIpc) is 3.42. The Morgan fingerprint density at radius 2 is 1.46 bits per heavy atom. The van der Waals surface area contributed by atoms with Crippen LogP contribution in [-0.4, -0.2) is 106 Å². The molecule has 282 valence electrons. The number of H-pyrrole nitrogens is 1. The van der Waals surface area contributed by atoms with Crippen molar-refractivity contribution in [3.8, 4) is 0 Å². The topological polar surface area (TPSA) is 161 Å². The molecular formula is C35H59N7O4S4. The van der Waals surface area contributed by atoms with Gasteiger partial charge in [0.1, 0.15) is 12.1 Å². The number of carbonyl (C=O) groups is 4. The Kier molecular flexibility index (Phi) is 19.0. The van der Waals surface area contributed by atoms with Crippen LogP contribution in [0, 0.1) is 0 Å². The van der Waals surface area contributed by atoms with Crippen LogP contribution in [0.5, 0.6) is 0 Å². The van der Waals surface area contributed by atoms with Gasteiger partial charge >= 0.3 is 0 Å². The van der Waals surface area contributed by atoms with Gasteiger partial charge in [-0.05, 0) is 58.5 Å². The number of nitrogens with one attached hydrogen (secondary N) is 5. The number of hydrogen-bond acceptors (Lipinski definition) is 10. The highest BCUT2D eigenvalue weighted by molar-refractivity contribution is 8.77. The van der Waals surface area contributed by atoms with Gasteiger partial charge in [-0.15, -0.1) is 0 Å². The van der Waals surface area contributed by atoms with Gasteiger partial charge in [0.15, 0.2) is 0 Å². The minimum Gasteiger partial charge on any atom is -0.361 e. The first-order valence-electron chi connectivity index (χ1n) is 17.1. The molecule has 0 radical (unpaired) electrons. The lowest BCUT2D eigenvalue weighted by atomic mass is 10.0. The first-order valence-corrected chi connectivity index (χ1v) is 21.7. The summed E-state index contributed by atoms with van der Waals surface area (Å²) in [5.74, 6) is -0.576. The second kappa shape index (κ2) is 21.5. The van der Waals surface area contributed by atoms with Crippen molar-refractivity contribution >= 4 is 77.7 Å². The Morgan fingerprint density at radius 3 is 2.10 bits per heavy atom. The van der Waals surface area contributed by atoms with Crippen LogP contribution in [0.3, 0.4) is 0 Å². The van der Waals surface area contributed by atoms with E-state index in [2.05, 4.69) is 72.7 Å². The van der Waals surface area contributed by atoms with E-state index in [1.165, 1.54) is 10.8 Å². The second-order valence-electron chi connectivity index (χ2n) is 14.7. The highest BCUT2D eigenvalue weighted by Gasteiger charge is 2.29. The fourth-order valence-electron chi connectivity index (χ4n) is 4.65. The molecule has 50 heavy (non-hydrogen) atoms. The predicted octanol–water partition coefficient (Wildman–Crippen LogP) is 4.72. The van der Waals surface area contributed by atoms with Gasteiger partial charge in [-0.25, -0.2) is 0 Å². The summed E-state index contributed by atoms with van der Waals surface area (Å²) in [7, 11) is 10.6. The molecule has 1 aromatic carbocycles. The average molecular weight is 770 g/mol. The van der Waals surface area contributed by atoms with Gasteiger partial charge in [0, 0.05) is 50.6 Å². The number of carbonyl (C=O) groups excluding carboxylic acids is 4. The summed E-state index contributed by atoms with van der Waals surface area (Å²) in [5, 5.41) is 12.4. The minimum absolute atomic E-state index is 0.0283. The lowest BCUT2D eigenvalue weighted by Crippen LogP contribution is -2.56. The summed E-state index contributed by atoms with van der Waals surface area (Å²) < 4.78 is 0.117. The smallest absolute Gasteiger partial charge is 0.243 e. The molecule has 0 spiro atoms. The number of rotatable bonds is 21. The Morgan fingerprint density at radius 1 is 0.840 bits per heavy atom. The molecule has 0 unspecified atom stereocenters. The third-order valence-corrected chi connectivity index (χ3v) is 14.0. The molecule has 0 aliphatic carbocycles. The molecule has 4 amide bonds. The molecule has 0 aliphatic heterocycles. The standard InChI is InChI=1S/C35H59N7O4S4/c1-23(21-47-49-34(2,3)4)39-33(46)29(18-24-19-37-27-15-11-10-14-25(24)27)41-32(45)28(16-12-13-17-42(8)9)40-30(43)20-38-31(44)26(36)22-48-50-35(5,6)7/h10-11,14-15,19,23,26,28-29,37H,12-13,16-18,20-22,36H2,1-9H3,(H,38,44)(H,39,46)(H,40,43)(H,41,45)/t23-,26+,28+,29+/m1/s1. The molecular weight excluding hydrogens is 711 g/mol. The van der Waals surface area contributed by atoms with Gasteiger partial charge in [0.25, 0.3) is 0 Å². The zero-order valence-corrected chi connectivity index (χ0v) is 34.4. The summed E-state index contributed by atoms with van der Waals surface area (Å²) in [6.07, 6.45) is 4.00. The highest BCUT2D eigenvalue weighted by Crippen LogP contribution is 2.36. The van der Waals surface area contributed by atoms with Crippen LogP contribution in [0.4, 0.5) is 0 Å². The summed E-state index contributed by atoms with van der Waals surface area (Å²) in [6.45, 7) is 15.2. The van der Waals surface area contributed by atoms with Crippen LogP contribution >= 0.6 is 43.2 Å². The molecule has 0 aliphatic rings. The number of para-hydroxylation sites is 1. The molecule has 7 N–H and O–H groups in total. The van der Waals surface area contributed by atoms with Crippen molar-refractivity contribution in [3.05, 3.63) is 36.0 Å². The zero-order valence-electron chi connectivity index (χ0n) is 31.1. The van der Waals surface area contributed by atoms with E-state index >= 15 is 0 Å². The van der Waals surface area contributed by atoms with Crippen molar-refractivity contribution in [2.24, 2.45) is 5.73 Å². The zero-order chi connectivity index (χ0) is 37.5. The molecule has 0 fully saturated rings. The fraction of sp³-hybridized carbons (Fsp3) is 0.657. The van der Waals surface area contributed by atoms with Crippen molar-refractivity contribution in [2.45, 2.75) is 108 Å². The van der Waals surface area contributed by atoms with Crippen molar-refractivity contribution in [1.29, 1.82) is 0 Å². The van der Waals surface area contributed by atoms with Gasteiger partial charge < -0.3 is 36.9 Å². The third-order valence-electron chi connectivity index (χ3n) is 7.06. The number of hydrogen-bond donors (Lipinski definition) is 6. The normalized spacial score (nSPS) is 14.5. The maximum Gasteiger partial charge on any atom is 0.243 e. The van der Waals surface area contributed by atoms with E-state index in [0.29, 0.717) is 24.3 Å². The van der Waals surface area contributed by atoms with E-state index < -0.39 is 35.8 Å². The van der Waals surface area contributed by atoms with Crippen molar-refractivity contribution < 1.29 is 19.2 Å². The summed E-state index contributed by atoms with van der Waals surface area (Å²) in [6, 6.07) is 5.14. The van der Waals surface area contributed by atoms with Gasteiger partial charge in [0.2, 0.25) is 23.6 Å². The lowest BCUT2D eigenvalue weighted by Gasteiger charge is -2.25. The summed E-state index contributed by atoms with van der Waals surface area (Å²) in [5.41, 5.74) is 7.89. The second-order valence-corrected chi connectivity index (χ2v) is 21.1. The largest absolute Gasteiger partial charge is 0.361 e. The molecule has 1 aromatic heterocycles. The molecule has 15 heteroatoms. The maximum atomic E-state index is 13.9. The molecule has 2 aromatic rings. The monoisotopic (exact) mass is 769 g/mol. The SMILES string of the molecule is C[C@H](CSSC(C)(C)C)NC(=O)[C@H](Cc1c[nH]c2ccccc12)NC(=O)[C@H](CCCCN(C)C)NC(=O)CNC(=O)[C@@H](N)CSSC(C)(C)C.